The lowest BCUT2D eigenvalue weighted by Crippen LogP contribution is -2.58. The van der Waals surface area contributed by atoms with E-state index in [4.69, 9.17) is 4.74 Å². The van der Waals surface area contributed by atoms with Crippen molar-refractivity contribution in [3.63, 3.8) is 0 Å². The predicted octanol–water partition coefficient (Wildman–Crippen LogP) is 2.98. The van der Waals surface area contributed by atoms with Crippen molar-refractivity contribution in [2.45, 2.75) is 18.0 Å². The van der Waals surface area contributed by atoms with E-state index in [2.05, 4.69) is 5.10 Å². The summed E-state index contributed by atoms with van der Waals surface area (Å²) < 4.78 is 91.6. The second-order valence-electron chi connectivity index (χ2n) is 4.12. The van der Waals surface area contributed by atoms with Gasteiger partial charge in [-0.25, -0.2) is 5.43 Å². The number of methoxy groups -OCH3 is 1. The Labute approximate surface area is 124 Å². The minimum atomic E-state index is -6.59. The topological polar surface area (TPSA) is 50.7 Å². The standard InChI is InChI=1S/C12H9F7N2O2/c1-23-8-4-2-3-7(5-8)6-20-21-9(22)10(13,14)11(15,16)12(17,18)19/h2-6H,1H3,(H,21,22). The first kappa shape index (κ1) is 18.7. The third-order valence-corrected chi connectivity index (χ3v) is 2.51. The number of hydrazone groups is 1. The molecule has 1 rings (SSSR count). The van der Waals surface area contributed by atoms with Gasteiger partial charge in [-0.2, -0.15) is 35.8 Å². The Kier molecular flexibility index (Phi) is 5.23. The molecule has 0 aliphatic carbocycles. The first-order valence-electron chi connectivity index (χ1n) is 5.73. The summed E-state index contributed by atoms with van der Waals surface area (Å²) in [6.45, 7) is 0. The molecule has 0 fully saturated rings. The molecular formula is C12H9F7N2O2. The quantitative estimate of drug-likeness (QED) is 0.506. The molecule has 23 heavy (non-hydrogen) atoms. The van der Waals surface area contributed by atoms with Crippen LogP contribution in [0.1, 0.15) is 5.56 Å². The van der Waals surface area contributed by atoms with Gasteiger partial charge in [0.25, 0.3) is 0 Å². The van der Waals surface area contributed by atoms with Gasteiger partial charge in [0.15, 0.2) is 0 Å². The van der Waals surface area contributed by atoms with Gasteiger partial charge in [0.1, 0.15) is 5.75 Å². The average molecular weight is 346 g/mol. The summed E-state index contributed by atoms with van der Waals surface area (Å²) in [5.74, 6) is -15.1. The number of nitrogens with zero attached hydrogens (tertiary/aromatic N) is 1. The first-order valence-corrected chi connectivity index (χ1v) is 5.73. The van der Waals surface area contributed by atoms with Crippen molar-refractivity contribution in [3.05, 3.63) is 29.8 Å². The summed E-state index contributed by atoms with van der Waals surface area (Å²) in [4.78, 5) is 10.9. The molecule has 0 spiro atoms. The first-order chi connectivity index (χ1) is 10.4. The van der Waals surface area contributed by atoms with Gasteiger partial charge < -0.3 is 4.74 Å². The van der Waals surface area contributed by atoms with Gasteiger partial charge in [0.05, 0.1) is 13.3 Å². The number of rotatable bonds is 5. The molecule has 0 saturated heterocycles. The zero-order chi connectivity index (χ0) is 17.9. The van der Waals surface area contributed by atoms with E-state index in [0.29, 0.717) is 5.75 Å². The maximum atomic E-state index is 13.0. The summed E-state index contributed by atoms with van der Waals surface area (Å²) in [5.41, 5.74) is 1.16. The van der Waals surface area contributed by atoms with Crippen LogP contribution in [0, 0.1) is 0 Å². The van der Waals surface area contributed by atoms with Crippen molar-refractivity contribution in [1.29, 1.82) is 0 Å². The summed E-state index contributed by atoms with van der Waals surface area (Å²) in [6.07, 6.45) is -5.83. The molecule has 0 atom stereocenters. The molecule has 1 aromatic rings. The van der Waals surface area contributed by atoms with E-state index < -0.39 is 23.9 Å². The van der Waals surface area contributed by atoms with Crippen LogP contribution in [-0.2, 0) is 4.79 Å². The number of carbonyl (C=O) groups is 1. The van der Waals surface area contributed by atoms with Crippen LogP contribution in [-0.4, -0.2) is 37.3 Å². The van der Waals surface area contributed by atoms with Crippen LogP contribution >= 0.6 is 0 Å². The van der Waals surface area contributed by atoms with Crippen LogP contribution in [0.3, 0.4) is 0 Å². The number of nitrogens with one attached hydrogen (secondary N) is 1. The summed E-state index contributed by atoms with van der Waals surface area (Å²) in [7, 11) is 1.33. The molecule has 0 bridgehead atoms. The third kappa shape index (κ3) is 3.90. The van der Waals surface area contributed by atoms with E-state index in [0.717, 1.165) is 11.6 Å². The van der Waals surface area contributed by atoms with Gasteiger partial charge in [-0.3, -0.25) is 4.79 Å². The van der Waals surface area contributed by atoms with E-state index in [1.807, 2.05) is 0 Å². The number of alkyl halides is 7. The molecule has 1 aromatic carbocycles. The second-order valence-corrected chi connectivity index (χ2v) is 4.12. The molecule has 0 aliphatic rings. The molecule has 128 valence electrons. The largest absolute Gasteiger partial charge is 0.497 e. The Balaban J connectivity index is 2.84. The van der Waals surface area contributed by atoms with E-state index in [-0.39, 0.29) is 5.56 Å². The third-order valence-electron chi connectivity index (χ3n) is 2.51. The molecule has 4 nitrogen and oxygen atoms in total. The minimum Gasteiger partial charge on any atom is -0.497 e. The zero-order valence-electron chi connectivity index (χ0n) is 11.3. The van der Waals surface area contributed by atoms with Crippen molar-refractivity contribution in [2.24, 2.45) is 5.10 Å². The smallest absolute Gasteiger partial charge is 0.460 e. The molecule has 0 heterocycles. The Hall–Kier alpha value is -2.33. The van der Waals surface area contributed by atoms with Crippen molar-refractivity contribution < 1.29 is 40.3 Å². The predicted molar refractivity (Wildman–Crippen MR) is 64.7 cm³/mol. The van der Waals surface area contributed by atoms with E-state index in [9.17, 15) is 35.5 Å². The lowest BCUT2D eigenvalue weighted by atomic mass is 10.1. The molecular weight excluding hydrogens is 337 g/mol. The van der Waals surface area contributed by atoms with Gasteiger partial charge in [-0.1, -0.05) is 12.1 Å². The van der Waals surface area contributed by atoms with Crippen LogP contribution in [0.15, 0.2) is 29.4 Å². The normalized spacial score (nSPS) is 13.2. The zero-order valence-corrected chi connectivity index (χ0v) is 11.3. The number of hydrogen-bond acceptors (Lipinski definition) is 3. The van der Waals surface area contributed by atoms with Crippen LogP contribution in [0.4, 0.5) is 30.7 Å². The molecule has 1 N–H and O–H groups in total. The maximum Gasteiger partial charge on any atom is 0.460 e. The van der Waals surface area contributed by atoms with Crippen molar-refractivity contribution >= 4 is 12.1 Å². The number of hydrogen-bond donors (Lipinski definition) is 1. The fourth-order valence-corrected chi connectivity index (χ4v) is 1.28. The number of amides is 1. The highest BCUT2D eigenvalue weighted by atomic mass is 19.4. The Morgan fingerprint density at radius 2 is 1.78 bits per heavy atom. The number of halogens is 7. The fourth-order valence-electron chi connectivity index (χ4n) is 1.28. The van der Waals surface area contributed by atoms with E-state index in [1.165, 1.54) is 31.4 Å². The summed E-state index contributed by atoms with van der Waals surface area (Å²) in [6, 6.07) is 5.72. The highest BCUT2D eigenvalue weighted by Crippen LogP contribution is 2.46. The van der Waals surface area contributed by atoms with Crippen LogP contribution < -0.4 is 10.2 Å². The lowest BCUT2D eigenvalue weighted by molar-refractivity contribution is -0.344. The van der Waals surface area contributed by atoms with Crippen molar-refractivity contribution in [2.75, 3.05) is 7.11 Å². The van der Waals surface area contributed by atoms with Gasteiger partial charge >= 0.3 is 23.9 Å². The van der Waals surface area contributed by atoms with Crippen molar-refractivity contribution in [3.8, 4) is 5.75 Å². The lowest BCUT2D eigenvalue weighted by Gasteiger charge is -2.26. The Bertz CT molecular complexity index is 599. The monoisotopic (exact) mass is 346 g/mol. The highest BCUT2D eigenvalue weighted by molar-refractivity contribution is 5.87. The van der Waals surface area contributed by atoms with Crippen LogP contribution in [0.25, 0.3) is 0 Å². The molecule has 0 unspecified atom stereocenters. The molecule has 1 amide bonds. The van der Waals surface area contributed by atoms with Gasteiger partial charge in [0.2, 0.25) is 0 Å². The SMILES string of the molecule is COc1cccc(C=NNC(=O)C(F)(F)C(F)(F)C(F)(F)F)c1. The molecule has 0 aliphatic heterocycles. The van der Waals surface area contributed by atoms with Gasteiger partial charge in [-0.05, 0) is 17.7 Å². The Morgan fingerprint density at radius 3 is 2.30 bits per heavy atom. The summed E-state index contributed by atoms with van der Waals surface area (Å²) in [5, 5.41) is 2.92. The molecule has 11 heteroatoms. The molecule has 0 aromatic heterocycles. The highest BCUT2D eigenvalue weighted by Gasteiger charge is 2.76. The van der Waals surface area contributed by atoms with E-state index in [1.54, 1.807) is 0 Å². The Morgan fingerprint density at radius 1 is 1.17 bits per heavy atom. The maximum absolute atomic E-state index is 13.0. The average Bonchev–Trinajstić information content (AvgIpc) is 2.45. The fraction of sp³-hybridized carbons (Fsp3) is 0.333. The molecule has 0 saturated carbocycles. The number of carbonyl (C=O) groups excluding carboxylic acids is 1. The van der Waals surface area contributed by atoms with Crippen LogP contribution in [0.5, 0.6) is 5.75 Å². The van der Waals surface area contributed by atoms with Crippen molar-refractivity contribution in [1.82, 2.24) is 5.43 Å². The number of benzene rings is 1. The van der Waals surface area contributed by atoms with Gasteiger partial charge in [-0.15, -0.1) is 0 Å². The second kappa shape index (κ2) is 6.42. The molecule has 0 radical (unpaired) electrons. The minimum absolute atomic E-state index is 0.218. The van der Waals surface area contributed by atoms with Gasteiger partial charge in [0, 0.05) is 0 Å². The summed E-state index contributed by atoms with van der Waals surface area (Å²) >= 11 is 0. The number of ether oxygens (including phenoxy) is 1. The van der Waals surface area contributed by atoms with E-state index >= 15 is 0 Å². The van der Waals surface area contributed by atoms with Crippen LogP contribution in [0.2, 0.25) is 0 Å².